The summed E-state index contributed by atoms with van der Waals surface area (Å²) in [5, 5.41) is 11.5. The number of hydrogen-bond acceptors (Lipinski definition) is 3. The van der Waals surface area contributed by atoms with Crippen LogP contribution < -0.4 is 4.74 Å². The minimum absolute atomic E-state index is 0.261. The van der Waals surface area contributed by atoms with Crippen molar-refractivity contribution in [3.8, 4) is 11.5 Å². The maximum absolute atomic E-state index is 9.48. The lowest BCUT2D eigenvalue weighted by Gasteiger charge is -2.07. The summed E-state index contributed by atoms with van der Waals surface area (Å²) in [5.74, 6) is 1.04. The first kappa shape index (κ1) is 11.5. The number of aromatic hydroxyl groups is 1. The number of aromatic nitrogens is 1. The predicted octanol–water partition coefficient (Wildman–Crippen LogP) is 3.52. The van der Waals surface area contributed by atoms with Crippen LogP contribution >= 0.6 is 0 Å². The fourth-order valence-corrected chi connectivity index (χ4v) is 1.95. The van der Waals surface area contributed by atoms with Gasteiger partial charge in [0.15, 0.2) is 0 Å². The van der Waals surface area contributed by atoms with E-state index in [-0.39, 0.29) is 5.75 Å². The van der Waals surface area contributed by atoms with Crippen LogP contribution in [0.3, 0.4) is 0 Å². The molecule has 0 unspecified atom stereocenters. The number of phenolic OH excluding ortho intramolecular Hbond substituents is 1. The zero-order valence-corrected chi connectivity index (χ0v) is 10.3. The number of rotatable bonds is 3. The van der Waals surface area contributed by atoms with Crippen LogP contribution in [0.15, 0.2) is 60.9 Å². The molecule has 0 aliphatic carbocycles. The molecule has 2 aromatic carbocycles. The fourth-order valence-electron chi connectivity index (χ4n) is 1.95. The Bertz CT molecular complexity index is 695. The van der Waals surface area contributed by atoms with Gasteiger partial charge in [-0.1, -0.05) is 18.2 Å². The topological polar surface area (TPSA) is 42.4 Å². The van der Waals surface area contributed by atoms with Gasteiger partial charge in [-0.15, -0.1) is 0 Å². The Hall–Kier alpha value is -2.55. The first-order valence-electron chi connectivity index (χ1n) is 6.06. The minimum atomic E-state index is 0.261. The highest BCUT2D eigenvalue weighted by molar-refractivity contribution is 5.85. The third kappa shape index (κ3) is 2.65. The van der Waals surface area contributed by atoms with Gasteiger partial charge in [-0.05, 0) is 41.1 Å². The molecule has 1 aromatic heterocycles. The summed E-state index contributed by atoms with van der Waals surface area (Å²) in [6.45, 7) is 0.484. The van der Waals surface area contributed by atoms with E-state index in [4.69, 9.17) is 4.74 Å². The van der Waals surface area contributed by atoms with Crippen molar-refractivity contribution in [2.45, 2.75) is 6.61 Å². The standard InChI is InChI=1S/C16H13NO2/c18-15-5-3-13-4-6-16(9-14(13)8-15)19-11-12-2-1-7-17-10-12/h1-10,18H,11H2. The fraction of sp³-hybridized carbons (Fsp3) is 0.0625. The first-order valence-corrected chi connectivity index (χ1v) is 6.06. The molecule has 0 saturated heterocycles. The molecule has 0 bridgehead atoms. The molecule has 19 heavy (non-hydrogen) atoms. The summed E-state index contributed by atoms with van der Waals surface area (Å²) < 4.78 is 5.72. The maximum atomic E-state index is 9.48. The number of nitrogens with zero attached hydrogens (tertiary/aromatic N) is 1. The summed E-state index contributed by atoms with van der Waals surface area (Å²) in [6, 6.07) is 15.0. The number of benzene rings is 2. The van der Waals surface area contributed by atoms with Crippen LogP contribution in [-0.4, -0.2) is 10.1 Å². The van der Waals surface area contributed by atoms with Crippen molar-refractivity contribution >= 4 is 10.8 Å². The Morgan fingerprint density at radius 2 is 1.89 bits per heavy atom. The van der Waals surface area contributed by atoms with E-state index in [9.17, 15) is 5.11 Å². The molecule has 0 fully saturated rings. The van der Waals surface area contributed by atoms with Crippen molar-refractivity contribution in [3.63, 3.8) is 0 Å². The van der Waals surface area contributed by atoms with Crippen molar-refractivity contribution < 1.29 is 9.84 Å². The molecule has 0 saturated carbocycles. The van der Waals surface area contributed by atoms with E-state index in [0.29, 0.717) is 6.61 Å². The highest BCUT2D eigenvalue weighted by Crippen LogP contribution is 2.24. The van der Waals surface area contributed by atoms with Crippen molar-refractivity contribution in [2.75, 3.05) is 0 Å². The Labute approximate surface area is 111 Å². The van der Waals surface area contributed by atoms with Crippen LogP contribution in [0.1, 0.15) is 5.56 Å². The summed E-state index contributed by atoms with van der Waals surface area (Å²) in [4.78, 5) is 4.05. The molecule has 0 spiro atoms. The third-order valence-electron chi connectivity index (χ3n) is 2.92. The average Bonchev–Trinajstić information content (AvgIpc) is 2.46. The molecule has 3 nitrogen and oxygen atoms in total. The van der Waals surface area contributed by atoms with Crippen molar-refractivity contribution in [1.82, 2.24) is 4.98 Å². The molecular weight excluding hydrogens is 238 g/mol. The van der Waals surface area contributed by atoms with Gasteiger partial charge in [0.05, 0.1) is 0 Å². The van der Waals surface area contributed by atoms with Gasteiger partial charge in [0.25, 0.3) is 0 Å². The summed E-state index contributed by atoms with van der Waals surface area (Å²) in [7, 11) is 0. The van der Waals surface area contributed by atoms with E-state index in [1.165, 1.54) is 0 Å². The Morgan fingerprint density at radius 3 is 2.74 bits per heavy atom. The molecule has 3 aromatic rings. The molecule has 1 N–H and O–H groups in total. The lowest BCUT2D eigenvalue weighted by molar-refractivity contribution is 0.306. The van der Waals surface area contributed by atoms with Crippen LogP contribution in [0.5, 0.6) is 11.5 Å². The van der Waals surface area contributed by atoms with E-state index < -0.39 is 0 Å². The molecule has 0 aliphatic heterocycles. The number of fused-ring (bicyclic) bond motifs is 1. The van der Waals surface area contributed by atoms with E-state index in [1.54, 1.807) is 24.5 Å². The van der Waals surface area contributed by atoms with Gasteiger partial charge < -0.3 is 9.84 Å². The molecule has 0 atom stereocenters. The van der Waals surface area contributed by atoms with Crippen molar-refractivity contribution in [2.24, 2.45) is 0 Å². The Morgan fingerprint density at radius 1 is 1.00 bits per heavy atom. The van der Waals surface area contributed by atoms with Gasteiger partial charge in [0.2, 0.25) is 0 Å². The lowest BCUT2D eigenvalue weighted by Crippen LogP contribution is -1.95. The van der Waals surface area contributed by atoms with Crippen molar-refractivity contribution in [1.29, 1.82) is 0 Å². The second-order valence-electron chi connectivity index (χ2n) is 4.34. The minimum Gasteiger partial charge on any atom is -0.508 e. The number of hydrogen-bond donors (Lipinski definition) is 1. The monoisotopic (exact) mass is 251 g/mol. The van der Waals surface area contributed by atoms with Crippen molar-refractivity contribution in [3.05, 3.63) is 66.5 Å². The predicted molar refractivity (Wildman–Crippen MR) is 74.2 cm³/mol. The van der Waals surface area contributed by atoms with Gasteiger partial charge in [-0.2, -0.15) is 0 Å². The Kier molecular flexibility index (Phi) is 3.02. The third-order valence-corrected chi connectivity index (χ3v) is 2.92. The normalized spacial score (nSPS) is 10.5. The quantitative estimate of drug-likeness (QED) is 0.774. The smallest absolute Gasteiger partial charge is 0.120 e. The number of pyridine rings is 1. The summed E-state index contributed by atoms with van der Waals surface area (Å²) in [5.41, 5.74) is 1.03. The number of phenols is 1. The maximum Gasteiger partial charge on any atom is 0.120 e. The summed E-state index contributed by atoms with van der Waals surface area (Å²) >= 11 is 0. The van der Waals surface area contributed by atoms with Gasteiger partial charge in [-0.3, -0.25) is 4.98 Å². The van der Waals surface area contributed by atoms with Crippen LogP contribution in [0.2, 0.25) is 0 Å². The zero-order valence-electron chi connectivity index (χ0n) is 10.3. The van der Waals surface area contributed by atoms with E-state index >= 15 is 0 Å². The van der Waals surface area contributed by atoms with Crippen LogP contribution in [0.4, 0.5) is 0 Å². The highest BCUT2D eigenvalue weighted by Gasteiger charge is 2.00. The second-order valence-corrected chi connectivity index (χ2v) is 4.34. The molecule has 0 radical (unpaired) electrons. The molecule has 0 aliphatic rings. The molecule has 3 heteroatoms. The largest absolute Gasteiger partial charge is 0.508 e. The lowest BCUT2D eigenvalue weighted by atomic mass is 10.1. The number of ether oxygens (including phenoxy) is 1. The van der Waals surface area contributed by atoms with Gasteiger partial charge in [0.1, 0.15) is 18.1 Å². The SMILES string of the molecule is Oc1ccc2ccc(OCc3cccnc3)cc2c1. The van der Waals surface area contributed by atoms with Crippen LogP contribution in [0, 0.1) is 0 Å². The average molecular weight is 251 g/mol. The highest BCUT2D eigenvalue weighted by atomic mass is 16.5. The first-order chi connectivity index (χ1) is 9.31. The van der Waals surface area contributed by atoms with E-state index in [0.717, 1.165) is 22.1 Å². The molecule has 0 amide bonds. The van der Waals surface area contributed by atoms with E-state index in [2.05, 4.69) is 4.98 Å². The Balaban J connectivity index is 1.81. The van der Waals surface area contributed by atoms with Gasteiger partial charge in [0, 0.05) is 18.0 Å². The molecule has 94 valence electrons. The molecular formula is C16H13NO2. The van der Waals surface area contributed by atoms with Gasteiger partial charge in [-0.25, -0.2) is 0 Å². The molecule has 3 rings (SSSR count). The van der Waals surface area contributed by atoms with Crippen LogP contribution in [-0.2, 0) is 6.61 Å². The van der Waals surface area contributed by atoms with E-state index in [1.807, 2.05) is 36.4 Å². The van der Waals surface area contributed by atoms with Gasteiger partial charge >= 0.3 is 0 Å². The van der Waals surface area contributed by atoms with Crippen LogP contribution in [0.25, 0.3) is 10.8 Å². The second kappa shape index (κ2) is 4.98. The summed E-state index contributed by atoms with van der Waals surface area (Å²) in [6.07, 6.45) is 3.52. The zero-order chi connectivity index (χ0) is 13.1. The molecule has 1 heterocycles.